The van der Waals surface area contributed by atoms with Gasteiger partial charge in [-0.05, 0) is 138 Å². The number of fused-ring (bicyclic) bond motifs is 4. The molecule has 2 heteroatoms. The molecule has 0 fully saturated rings. The minimum absolute atomic E-state index is 0.868. The van der Waals surface area contributed by atoms with E-state index in [9.17, 15) is 0 Å². The molecule has 1 heterocycles. The Hall–Kier alpha value is -8.72. The van der Waals surface area contributed by atoms with E-state index in [4.69, 9.17) is 4.42 Å². The van der Waals surface area contributed by atoms with E-state index in [1.165, 1.54) is 60.5 Å². The molecule has 0 N–H and O–H groups in total. The van der Waals surface area contributed by atoms with Crippen LogP contribution < -0.4 is 4.90 Å². The molecule has 0 atom stereocenters. The van der Waals surface area contributed by atoms with Gasteiger partial charge in [-0.2, -0.15) is 0 Å². The summed E-state index contributed by atoms with van der Waals surface area (Å²) in [5.41, 5.74) is 17.0. The minimum Gasteiger partial charge on any atom is -0.456 e. The number of furan rings is 1. The highest BCUT2D eigenvalue weighted by Crippen LogP contribution is 2.42. The molecule has 0 radical (unpaired) electrons. The third kappa shape index (κ3) is 7.31. The van der Waals surface area contributed by atoms with Crippen molar-refractivity contribution in [1.29, 1.82) is 0 Å². The van der Waals surface area contributed by atoms with Crippen LogP contribution in [-0.2, 0) is 0 Å². The van der Waals surface area contributed by atoms with Crippen LogP contribution in [0.3, 0.4) is 0 Å². The highest BCUT2D eigenvalue weighted by atomic mass is 16.3. The first kappa shape index (κ1) is 38.9. The van der Waals surface area contributed by atoms with Crippen LogP contribution in [0.25, 0.3) is 99.5 Å². The third-order valence-electron chi connectivity index (χ3n) is 12.9. The lowest BCUT2D eigenvalue weighted by Crippen LogP contribution is -2.09. The predicted molar refractivity (Wildman–Crippen MR) is 279 cm³/mol. The van der Waals surface area contributed by atoms with Gasteiger partial charge in [-0.1, -0.05) is 200 Å². The van der Waals surface area contributed by atoms with Crippen LogP contribution in [0.5, 0.6) is 0 Å². The molecule has 0 aliphatic heterocycles. The molecule has 0 aliphatic carbocycles. The number of hydrogen-bond donors (Lipinski definition) is 0. The van der Waals surface area contributed by atoms with Crippen molar-refractivity contribution in [3.05, 3.63) is 261 Å². The van der Waals surface area contributed by atoms with E-state index in [2.05, 4.69) is 248 Å². The first-order chi connectivity index (χ1) is 32.7. The van der Waals surface area contributed by atoms with Gasteiger partial charge in [-0.3, -0.25) is 0 Å². The average Bonchev–Trinajstić information content (AvgIpc) is 3.84. The molecule has 12 aromatic rings. The highest BCUT2D eigenvalue weighted by molar-refractivity contribution is 6.08. The molecule has 66 heavy (non-hydrogen) atoms. The quantitative estimate of drug-likeness (QED) is 0.135. The van der Waals surface area contributed by atoms with E-state index >= 15 is 0 Å². The second-order valence-corrected chi connectivity index (χ2v) is 16.9. The summed E-state index contributed by atoms with van der Waals surface area (Å²) in [5, 5.41) is 6.16. The summed E-state index contributed by atoms with van der Waals surface area (Å²) in [4.78, 5) is 2.35. The van der Waals surface area contributed by atoms with E-state index in [1.54, 1.807) is 0 Å². The summed E-state index contributed by atoms with van der Waals surface area (Å²) in [6, 6.07) is 93.8. The number of para-hydroxylation sites is 1. The van der Waals surface area contributed by atoms with Crippen molar-refractivity contribution in [3.63, 3.8) is 0 Å². The summed E-state index contributed by atoms with van der Waals surface area (Å²) in [6.45, 7) is 0. The Kier molecular flexibility index (Phi) is 9.89. The molecular weight excluding hydrogens is 799 g/mol. The van der Waals surface area contributed by atoms with E-state index in [0.717, 1.165) is 56.0 Å². The van der Waals surface area contributed by atoms with Crippen molar-refractivity contribution in [1.82, 2.24) is 0 Å². The van der Waals surface area contributed by atoms with Gasteiger partial charge in [0.15, 0.2) is 0 Å². The fourth-order valence-electron chi connectivity index (χ4n) is 9.57. The molecule has 0 spiro atoms. The van der Waals surface area contributed by atoms with Gasteiger partial charge in [0.2, 0.25) is 0 Å². The largest absolute Gasteiger partial charge is 0.456 e. The number of anilines is 3. The van der Waals surface area contributed by atoms with Gasteiger partial charge in [-0.25, -0.2) is 0 Å². The Balaban J connectivity index is 0.908. The lowest BCUT2D eigenvalue weighted by molar-refractivity contribution is 0.631. The van der Waals surface area contributed by atoms with Crippen molar-refractivity contribution in [2.75, 3.05) is 4.90 Å². The van der Waals surface area contributed by atoms with Gasteiger partial charge >= 0.3 is 0 Å². The maximum atomic E-state index is 6.25. The van der Waals surface area contributed by atoms with E-state index in [0.29, 0.717) is 0 Å². The van der Waals surface area contributed by atoms with Gasteiger partial charge in [0.05, 0.1) is 0 Å². The van der Waals surface area contributed by atoms with Crippen molar-refractivity contribution in [2.24, 2.45) is 0 Å². The SMILES string of the molecule is c1ccc(-c2ccccc2-c2ccccc2-c2ccc(N(c3ccc(-c4cccc(-c5cc6ccccc6o5)c4)cc3)c3ccc(-c4ccc5c(ccc6ccccc65)c4)cc3)cc2)cc1. The molecule has 0 saturated heterocycles. The molecule has 0 aliphatic rings. The predicted octanol–water partition coefficient (Wildman–Crippen LogP) is 18.2. The topological polar surface area (TPSA) is 16.4 Å². The second kappa shape index (κ2) is 16.8. The van der Waals surface area contributed by atoms with E-state index in [-0.39, 0.29) is 0 Å². The molecule has 2 nitrogen and oxygen atoms in total. The zero-order valence-corrected chi connectivity index (χ0v) is 36.2. The van der Waals surface area contributed by atoms with Crippen LogP contribution in [0, 0.1) is 0 Å². The molecule has 12 rings (SSSR count). The van der Waals surface area contributed by atoms with Crippen molar-refractivity contribution >= 4 is 49.6 Å². The Morgan fingerprint density at radius 3 is 1.35 bits per heavy atom. The second-order valence-electron chi connectivity index (χ2n) is 16.9. The summed E-state index contributed by atoms with van der Waals surface area (Å²) in [5.74, 6) is 0.868. The van der Waals surface area contributed by atoms with Crippen LogP contribution in [-0.4, -0.2) is 0 Å². The Morgan fingerprint density at radius 2 is 0.697 bits per heavy atom. The van der Waals surface area contributed by atoms with Gasteiger partial charge in [-0.15, -0.1) is 0 Å². The Labute approximate surface area is 384 Å². The van der Waals surface area contributed by atoms with Gasteiger partial charge in [0.1, 0.15) is 11.3 Å². The molecule has 1 aromatic heterocycles. The smallest absolute Gasteiger partial charge is 0.135 e. The Bertz CT molecular complexity index is 3640. The highest BCUT2D eigenvalue weighted by Gasteiger charge is 2.17. The fraction of sp³-hybridized carbons (Fsp3) is 0. The standard InChI is InChI=1S/C64H43NO/c1-2-13-46(14-3-1)58-20-7-9-22-61(58)62-23-10-8-21-59(62)48-31-38-56(39-32-48)65(55-36-29-45(30-37-55)50-33-40-60-51(41-50)26-25-47-15-4-6-19-57(47)60)54-34-27-44(28-35-54)49-17-12-18-52(42-49)64-43-53-16-5-11-24-63(53)66-64/h1-43H. The molecule has 0 bridgehead atoms. The summed E-state index contributed by atoms with van der Waals surface area (Å²) in [7, 11) is 0. The summed E-state index contributed by atoms with van der Waals surface area (Å²) in [6.07, 6.45) is 0. The van der Waals surface area contributed by atoms with Crippen LogP contribution in [0.15, 0.2) is 265 Å². The van der Waals surface area contributed by atoms with Crippen molar-refractivity contribution in [3.8, 4) is 67.0 Å². The first-order valence-electron chi connectivity index (χ1n) is 22.6. The zero-order valence-electron chi connectivity index (χ0n) is 36.2. The van der Waals surface area contributed by atoms with Gasteiger partial charge in [0.25, 0.3) is 0 Å². The minimum atomic E-state index is 0.868. The van der Waals surface area contributed by atoms with Gasteiger partial charge in [0, 0.05) is 28.0 Å². The van der Waals surface area contributed by atoms with Crippen molar-refractivity contribution < 1.29 is 4.42 Å². The van der Waals surface area contributed by atoms with Crippen LogP contribution in [0.1, 0.15) is 0 Å². The lowest BCUT2D eigenvalue weighted by Gasteiger charge is -2.26. The zero-order chi connectivity index (χ0) is 43.8. The summed E-state index contributed by atoms with van der Waals surface area (Å²) < 4.78 is 6.25. The Morgan fingerprint density at radius 1 is 0.242 bits per heavy atom. The van der Waals surface area contributed by atoms with Crippen LogP contribution >= 0.6 is 0 Å². The summed E-state index contributed by atoms with van der Waals surface area (Å²) >= 11 is 0. The first-order valence-corrected chi connectivity index (χ1v) is 22.6. The molecule has 0 amide bonds. The maximum Gasteiger partial charge on any atom is 0.135 e. The van der Waals surface area contributed by atoms with Crippen LogP contribution in [0.2, 0.25) is 0 Å². The van der Waals surface area contributed by atoms with Crippen LogP contribution in [0.4, 0.5) is 17.1 Å². The van der Waals surface area contributed by atoms with Gasteiger partial charge < -0.3 is 9.32 Å². The fourth-order valence-corrected chi connectivity index (χ4v) is 9.57. The molecule has 11 aromatic carbocycles. The number of rotatable bonds is 9. The number of benzene rings is 11. The van der Waals surface area contributed by atoms with E-state index < -0.39 is 0 Å². The lowest BCUT2D eigenvalue weighted by atomic mass is 9.89. The maximum absolute atomic E-state index is 6.25. The van der Waals surface area contributed by atoms with Crippen molar-refractivity contribution in [2.45, 2.75) is 0 Å². The average molecular weight is 842 g/mol. The molecule has 0 saturated carbocycles. The number of nitrogens with zero attached hydrogens (tertiary/aromatic N) is 1. The third-order valence-corrected chi connectivity index (χ3v) is 12.9. The normalized spacial score (nSPS) is 11.3. The molecule has 310 valence electrons. The molecule has 0 unspecified atom stereocenters. The van der Waals surface area contributed by atoms with E-state index in [1.807, 2.05) is 18.2 Å². The monoisotopic (exact) mass is 841 g/mol. The molecular formula is C64H43NO. The number of hydrogen-bond acceptors (Lipinski definition) is 2.